The number of likely N-dealkylation sites (N-methyl/N-ethyl adjacent to an activating group) is 1. The molecule has 0 saturated carbocycles. The molecule has 18 heavy (non-hydrogen) atoms. The van der Waals surface area contributed by atoms with Crippen LogP contribution in [0.15, 0.2) is 12.2 Å². The molecule has 0 aliphatic carbocycles. The van der Waals surface area contributed by atoms with Crippen LogP contribution in [0.2, 0.25) is 0 Å². The number of allylic oxidation sites excluding steroid dienone is 1. The van der Waals surface area contributed by atoms with Crippen LogP contribution >= 0.6 is 0 Å². The number of nitrogens with zero attached hydrogens (tertiary/aromatic N) is 2. The predicted octanol–water partition coefficient (Wildman–Crippen LogP) is 1.47. The molecule has 1 rings (SSSR count). The van der Waals surface area contributed by atoms with E-state index in [4.69, 9.17) is 11.0 Å². The summed E-state index contributed by atoms with van der Waals surface area (Å²) < 4.78 is 0. The maximum absolute atomic E-state index is 12.0. The summed E-state index contributed by atoms with van der Waals surface area (Å²) in [5.41, 5.74) is 6.10. The van der Waals surface area contributed by atoms with Gasteiger partial charge >= 0.3 is 0 Å². The lowest BCUT2D eigenvalue weighted by Crippen LogP contribution is -2.51. The molecule has 4 heteroatoms. The van der Waals surface area contributed by atoms with E-state index in [1.165, 1.54) is 0 Å². The third-order valence-electron chi connectivity index (χ3n) is 3.72. The molecule has 0 radical (unpaired) electrons. The first-order valence-corrected chi connectivity index (χ1v) is 6.59. The van der Waals surface area contributed by atoms with Crippen molar-refractivity contribution >= 4 is 5.78 Å². The van der Waals surface area contributed by atoms with E-state index >= 15 is 0 Å². The smallest absolute Gasteiger partial charge is 0.151 e. The first-order chi connectivity index (χ1) is 8.56. The summed E-state index contributed by atoms with van der Waals surface area (Å²) in [5, 5.41) is 9.12. The molecule has 1 saturated heterocycles. The van der Waals surface area contributed by atoms with Crippen molar-refractivity contribution < 1.29 is 4.79 Å². The van der Waals surface area contributed by atoms with E-state index in [-0.39, 0.29) is 23.8 Å². The molecule has 0 aromatic carbocycles. The van der Waals surface area contributed by atoms with Gasteiger partial charge in [0.05, 0.1) is 18.2 Å². The monoisotopic (exact) mass is 249 g/mol. The molecule has 1 aliphatic heterocycles. The summed E-state index contributed by atoms with van der Waals surface area (Å²) in [4.78, 5) is 13.9. The Hall–Kier alpha value is -1.18. The van der Waals surface area contributed by atoms with Crippen LogP contribution in [0.25, 0.3) is 0 Å². The molecule has 0 bridgehead atoms. The molecule has 0 aromatic heterocycles. The zero-order valence-corrected chi connectivity index (χ0v) is 11.5. The zero-order chi connectivity index (χ0) is 13.7. The molecule has 100 valence electrons. The van der Waals surface area contributed by atoms with E-state index in [2.05, 4.69) is 12.1 Å². The molecule has 4 atom stereocenters. The van der Waals surface area contributed by atoms with Gasteiger partial charge in [-0.05, 0) is 32.7 Å². The van der Waals surface area contributed by atoms with Crippen LogP contribution in [0.5, 0.6) is 0 Å². The SMILES string of the molecule is C/C=C\C1CC(C#N)N(C)C1C(N)C(=O)CCC. The first-order valence-electron chi connectivity index (χ1n) is 6.59. The van der Waals surface area contributed by atoms with Crippen LogP contribution in [0.1, 0.15) is 33.1 Å². The molecule has 4 unspecified atom stereocenters. The highest BCUT2D eigenvalue weighted by Crippen LogP contribution is 2.31. The molecule has 0 amide bonds. The molecule has 1 aliphatic rings. The van der Waals surface area contributed by atoms with Gasteiger partial charge < -0.3 is 5.73 Å². The maximum Gasteiger partial charge on any atom is 0.151 e. The summed E-state index contributed by atoms with van der Waals surface area (Å²) in [6.45, 7) is 3.93. The third kappa shape index (κ3) is 2.98. The minimum absolute atomic E-state index is 0.0510. The second-order valence-electron chi connectivity index (χ2n) is 4.97. The predicted molar refractivity (Wildman–Crippen MR) is 71.8 cm³/mol. The second kappa shape index (κ2) is 6.67. The average Bonchev–Trinajstić information content (AvgIpc) is 2.65. The molecule has 2 N–H and O–H groups in total. The molecule has 1 fully saturated rings. The van der Waals surface area contributed by atoms with E-state index in [9.17, 15) is 4.79 Å². The highest BCUT2D eigenvalue weighted by Gasteiger charge is 2.42. The summed E-state index contributed by atoms with van der Waals surface area (Å²) in [6.07, 6.45) is 6.14. The number of likely N-dealkylation sites (tertiary alicyclic amines) is 1. The fourth-order valence-corrected chi connectivity index (χ4v) is 2.78. The molecule has 4 nitrogen and oxygen atoms in total. The Balaban J connectivity index is 2.88. The Bertz CT molecular complexity index is 359. The first kappa shape index (κ1) is 14.9. The standard InChI is InChI=1S/C14H23N3O/c1-4-6-10-8-11(9-15)17(3)14(10)13(16)12(18)7-5-2/h4,6,10-11,13-14H,5,7-8,16H2,1-3H3/b6-4-. The minimum atomic E-state index is -0.491. The van der Waals surface area contributed by atoms with Gasteiger partial charge in [0.25, 0.3) is 0 Å². The molecule has 0 aromatic rings. The normalized spacial score (nSPS) is 30.5. The number of nitrogens with two attached hydrogens (primary N) is 1. The van der Waals surface area contributed by atoms with E-state index < -0.39 is 6.04 Å². The average molecular weight is 249 g/mol. The van der Waals surface area contributed by atoms with Gasteiger partial charge in [-0.2, -0.15) is 5.26 Å². The van der Waals surface area contributed by atoms with Crippen molar-refractivity contribution in [2.45, 2.75) is 51.2 Å². The van der Waals surface area contributed by atoms with Crippen molar-refractivity contribution in [1.82, 2.24) is 4.90 Å². The van der Waals surface area contributed by atoms with Crippen molar-refractivity contribution in [3.63, 3.8) is 0 Å². The second-order valence-corrected chi connectivity index (χ2v) is 4.97. The van der Waals surface area contributed by atoms with Gasteiger partial charge in [-0.3, -0.25) is 9.69 Å². The van der Waals surface area contributed by atoms with Gasteiger partial charge in [-0.15, -0.1) is 0 Å². The summed E-state index contributed by atoms with van der Waals surface area (Å²) >= 11 is 0. The molecule has 1 heterocycles. The van der Waals surface area contributed by atoms with Gasteiger partial charge in [0.2, 0.25) is 0 Å². The van der Waals surface area contributed by atoms with E-state index in [1.807, 2.05) is 31.9 Å². The van der Waals surface area contributed by atoms with E-state index in [0.717, 1.165) is 12.8 Å². The maximum atomic E-state index is 12.0. The van der Waals surface area contributed by atoms with Gasteiger partial charge in [0.15, 0.2) is 5.78 Å². The number of Topliss-reactive ketones (excluding diaryl/α,β-unsaturated/α-hetero) is 1. The van der Waals surface area contributed by atoms with Crippen LogP contribution in [0, 0.1) is 17.2 Å². The Morgan fingerprint density at radius 1 is 1.67 bits per heavy atom. The quantitative estimate of drug-likeness (QED) is 0.749. The van der Waals surface area contributed by atoms with Crippen molar-refractivity contribution in [3.05, 3.63) is 12.2 Å². The van der Waals surface area contributed by atoms with Crippen LogP contribution in [-0.2, 0) is 4.79 Å². The number of carbonyl (C=O) groups is 1. The number of hydrogen-bond acceptors (Lipinski definition) is 4. The minimum Gasteiger partial charge on any atom is -0.320 e. The van der Waals surface area contributed by atoms with Crippen LogP contribution in [0.3, 0.4) is 0 Å². The summed E-state index contributed by atoms with van der Waals surface area (Å²) in [5.74, 6) is 0.294. The molecule has 0 spiro atoms. The highest BCUT2D eigenvalue weighted by molar-refractivity contribution is 5.84. The number of hydrogen-bond donors (Lipinski definition) is 1. The fourth-order valence-electron chi connectivity index (χ4n) is 2.78. The lowest BCUT2D eigenvalue weighted by Gasteiger charge is -2.29. The Morgan fingerprint density at radius 3 is 2.83 bits per heavy atom. The van der Waals surface area contributed by atoms with Gasteiger partial charge in [-0.25, -0.2) is 0 Å². The van der Waals surface area contributed by atoms with Crippen LogP contribution < -0.4 is 5.73 Å². The number of nitriles is 1. The van der Waals surface area contributed by atoms with Crippen molar-refractivity contribution in [1.29, 1.82) is 5.26 Å². The van der Waals surface area contributed by atoms with Gasteiger partial charge in [0.1, 0.15) is 0 Å². The highest BCUT2D eigenvalue weighted by atomic mass is 16.1. The number of rotatable bonds is 5. The number of ketones is 1. The van der Waals surface area contributed by atoms with Crippen molar-refractivity contribution in [2.24, 2.45) is 11.7 Å². The topological polar surface area (TPSA) is 70.1 Å². The third-order valence-corrected chi connectivity index (χ3v) is 3.72. The largest absolute Gasteiger partial charge is 0.320 e. The molecular formula is C14H23N3O. The zero-order valence-electron chi connectivity index (χ0n) is 11.5. The van der Waals surface area contributed by atoms with E-state index in [0.29, 0.717) is 6.42 Å². The Kier molecular flexibility index (Phi) is 5.52. The van der Waals surface area contributed by atoms with Gasteiger partial charge in [0, 0.05) is 12.5 Å². The van der Waals surface area contributed by atoms with E-state index in [1.54, 1.807) is 0 Å². The lowest BCUT2D eigenvalue weighted by molar-refractivity contribution is -0.121. The van der Waals surface area contributed by atoms with Crippen LogP contribution in [-0.4, -0.2) is 35.9 Å². The van der Waals surface area contributed by atoms with Crippen molar-refractivity contribution in [2.75, 3.05) is 7.05 Å². The Morgan fingerprint density at radius 2 is 2.33 bits per heavy atom. The Labute approximate surface area is 109 Å². The van der Waals surface area contributed by atoms with Crippen molar-refractivity contribution in [3.8, 4) is 6.07 Å². The van der Waals surface area contributed by atoms with Crippen LogP contribution in [0.4, 0.5) is 0 Å². The lowest BCUT2D eigenvalue weighted by atomic mass is 9.90. The molecular weight excluding hydrogens is 226 g/mol. The van der Waals surface area contributed by atoms with Gasteiger partial charge in [-0.1, -0.05) is 19.1 Å². The number of carbonyl (C=O) groups excluding carboxylic acids is 1. The summed E-state index contributed by atoms with van der Waals surface area (Å²) in [6, 6.07) is 1.60. The fraction of sp³-hybridized carbons (Fsp3) is 0.714. The summed E-state index contributed by atoms with van der Waals surface area (Å²) in [7, 11) is 1.89.